The fourth-order valence-corrected chi connectivity index (χ4v) is 4.82. The zero-order valence-corrected chi connectivity index (χ0v) is 13.9. The van der Waals surface area contributed by atoms with E-state index in [0.29, 0.717) is 22.6 Å². The molecule has 4 heteroatoms. The second-order valence-electron chi connectivity index (χ2n) is 6.45. The lowest BCUT2D eigenvalue weighted by Gasteiger charge is -2.47. The van der Waals surface area contributed by atoms with Gasteiger partial charge in [-0.2, -0.15) is 0 Å². The van der Waals surface area contributed by atoms with Crippen molar-refractivity contribution in [2.75, 3.05) is 13.1 Å². The third-order valence-corrected chi connectivity index (χ3v) is 5.62. The van der Waals surface area contributed by atoms with Crippen LogP contribution in [0.25, 0.3) is 0 Å². The van der Waals surface area contributed by atoms with E-state index in [0.717, 1.165) is 12.5 Å². The van der Waals surface area contributed by atoms with Crippen LogP contribution in [0.1, 0.15) is 50.1 Å². The molecule has 1 saturated heterocycles. The topological polar surface area (TPSA) is 29.3 Å². The number of halogens is 2. The Kier molecular flexibility index (Phi) is 5.11. The summed E-state index contributed by atoms with van der Waals surface area (Å²) in [5, 5.41) is 1.40. The van der Waals surface area contributed by atoms with Gasteiger partial charge in [-0.25, -0.2) is 0 Å². The van der Waals surface area contributed by atoms with Crippen LogP contribution in [0.5, 0.6) is 0 Å². The highest BCUT2D eigenvalue weighted by Crippen LogP contribution is 2.39. The molecule has 1 saturated carbocycles. The second kappa shape index (κ2) is 6.87. The summed E-state index contributed by atoms with van der Waals surface area (Å²) in [6.07, 6.45) is 8.11. The molecule has 2 nitrogen and oxygen atoms in total. The molecule has 0 aromatic heterocycles. The lowest BCUT2D eigenvalue weighted by Crippen LogP contribution is -2.49. The van der Waals surface area contributed by atoms with Gasteiger partial charge in [0, 0.05) is 28.7 Å². The van der Waals surface area contributed by atoms with Crippen LogP contribution in [0.15, 0.2) is 18.2 Å². The zero-order valence-electron chi connectivity index (χ0n) is 12.4. The first-order valence-corrected chi connectivity index (χ1v) is 8.86. The van der Waals surface area contributed by atoms with Gasteiger partial charge in [-0.05, 0) is 61.9 Å². The molecule has 1 aliphatic carbocycles. The van der Waals surface area contributed by atoms with Crippen LogP contribution in [-0.4, -0.2) is 24.0 Å². The third-order valence-electron chi connectivity index (χ3n) is 5.18. The zero-order chi connectivity index (χ0) is 14.8. The number of nitrogens with zero attached hydrogens (tertiary/aromatic N) is 1. The Hall–Kier alpha value is -0.280. The molecular formula is C17H24Cl2N2. The quantitative estimate of drug-likeness (QED) is 0.876. The molecule has 1 aliphatic heterocycles. The fourth-order valence-electron chi connectivity index (χ4n) is 4.28. The summed E-state index contributed by atoms with van der Waals surface area (Å²) in [7, 11) is 0. The number of likely N-dealkylation sites (tertiary alicyclic amines) is 1. The van der Waals surface area contributed by atoms with Gasteiger partial charge >= 0.3 is 0 Å². The molecule has 1 unspecified atom stereocenters. The van der Waals surface area contributed by atoms with Crippen LogP contribution < -0.4 is 5.73 Å². The van der Waals surface area contributed by atoms with Gasteiger partial charge < -0.3 is 5.73 Å². The minimum absolute atomic E-state index is 0.243. The number of rotatable bonds is 3. The van der Waals surface area contributed by atoms with Crippen LogP contribution in [0.2, 0.25) is 10.0 Å². The Morgan fingerprint density at radius 1 is 1.05 bits per heavy atom. The molecule has 0 radical (unpaired) electrons. The molecule has 3 atom stereocenters. The highest BCUT2D eigenvalue weighted by atomic mass is 35.5. The van der Waals surface area contributed by atoms with Crippen LogP contribution in [0.4, 0.5) is 0 Å². The molecule has 0 amide bonds. The first-order valence-electron chi connectivity index (χ1n) is 8.11. The normalized spacial score (nSPS) is 28.1. The number of hydrogen-bond acceptors (Lipinski definition) is 2. The van der Waals surface area contributed by atoms with Gasteiger partial charge in [0.15, 0.2) is 0 Å². The van der Waals surface area contributed by atoms with Crippen LogP contribution >= 0.6 is 23.2 Å². The van der Waals surface area contributed by atoms with Crippen molar-refractivity contribution >= 4 is 23.2 Å². The van der Waals surface area contributed by atoms with Crippen molar-refractivity contribution in [1.82, 2.24) is 4.90 Å². The lowest BCUT2D eigenvalue weighted by molar-refractivity contribution is 0.0276. The number of hydrogen-bond donors (Lipinski definition) is 1. The summed E-state index contributed by atoms with van der Waals surface area (Å²) in [4.78, 5) is 2.63. The molecular weight excluding hydrogens is 303 g/mol. The first kappa shape index (κ1) is 15.6. The molecule has 116 valence electrons. The van der Waals surface area contributed by atoms with Gasteiger partial charge in [-0.15, -0.1) is 0 Å². The van der Waals surface area contributed by atoms with Crippen molar-refractivity contribution in [3.63, 3.8) is 0 Å². The summed E-state index contributed by atoms with van der Waals surface area (Å²) in [5.74, 6) is 0.858. The third kappa shape index (κ3) is 3.39. The van der Waals surface area contributed by atoms with Crippen LogP contribution in [0.3, 0.4) is 0 Å². The van der Waals surface area contributed by atoms with Gasteiger partial charge in [-0.1, -0.05) is 36.0 Å². The first-order chi connectivity index (χ1) is 10.2. The van der Waals surface area contributed by atoms with E-state index >= 15 is 0 Å². The van der Waals surface area contributed by atoms with Gasteiger partial charge in [0.05, 0.1) is 0 Å². The second-order valence-corrected chi connectivity index (χ2v) is 7.32. The summed E-state index contributed by atoms with van der Waals surface area (Å²) in [6, 6.07) is 6.78. The van der Waals surface area contributed by atoms with Crippen molar-refractivity contribution < 1.29 is 0 Å². The molecule has 0 spiro atoms. The molecule has 2 aliphatic rings. The standard InChI is InChI=1S/C17H24Cl2N2/c18-14-8-13(9-15(19)10-14)17(11-20)21-7-3-5-12-4-1-2-6-16(12)21/h8-10,12,16-17H,1-7,11,20H2/t12-,16-,17?/m1/s1. The van der Waals surface area contributed by atoms with Crippen LogP contribution in [0, 0.1) is 5.92 Å². The van der Waals surface area contributed by atoms with Crippen molar-refractivity contribution in [3.8, 4) is 0 Å². The Morgan fingerprint density at radius 3 is 2.43 bits per heavy atom. The Morgan fingerprint density at radius 2 is 1.71 bits per heavy atom. The summed E-state index contributed by atoms with van der Waals surface area (Å²) in [6.45, 7) is 1.77. The Balaban J connectivity index is 1.87. The summed E-state index contributed by atoms with van der Waals surface area (Å²) >= 11 is 12.4. The van der Waals surface area contributed by atoms with Gasteiger partial charge in [0.1, 0.15) is 0 Å². The highest BCUT2D eigenvalue weighted by Gasteiger charge is 2.36. The molecule has 21 heavy (non-hydrogen) atoms. The van der Waals surface area contributed by atoms with Gasteiger partial charge in [0.2, 0.25) is 0 Å². The summed E-state index contributed by atoms with van der Waals surface area (Å²) < 4.78 is 0. The largest absolute Gasteiger partial charge is 0.329 e. The van der Waals surface area contributed by atoms with Gasteiger partial charge in [0.25, 0.3) is 0 Å². The average molecular weight is 327 g/mol. The predicted octanol–water partition coefficient (Wildman–Crippen LogP) is 4.65. The van der Waals surface area contributed by atoms with E-state index in [9.17, 15) is 0 Å². The van der Waals surface area contributed by atoms with E-state index in [-0.39, 0.29) is 6.04 Å². The SMILES string of the molecule is NCC(c1cc(Cl)cc(Cl)c1)N1CCC[C@H]2CCCC[C@H]21. The molecule has 2 N–H and O–H groups in total. The molecule has 0 bridgehead atoms. The van der Waals surface area contributed by atoms with Crippen molar-refractivity contribution in [2.24, 2.45) is 11.7 Å². The van der Waals surface area contributed by atoms with Gasteiger partial charge in [-0.3, -0.25) is 4.90 Å². The fraction of sp³-hybridized carbons (Fsp3) is 0.647. The smallest absolute Gasteiger partial charge is 0.0474 e. The maximum absolute atomic E-state index is 6.18. The number of nitrogens with two attached hydrogens (primary N) is 1. The minimum Gasteiger partial charge on any atom is -0.329 e. The predicted molar refractivity (Wildman–Crippen MR) is 89.9 cm³/mol. The van der Waals surface area contributed by atoms with Crippen LogP contribution in [-0.2, 0) is 0 Å². The lowest BCUT2D eigenvalue weighted by atomic mass is 9.77. The molecule has 1 aromatic carbocycles. The monoisotopic (exact) mass is 326 g/mol. The van der Waals surface area contributed by atoms with E-state index in [1.54, 1.807) is 6.07 Å². The van der Waals surface area contributed by atoms with E-state index in [2.05, 4.69) is 4.90 Å². The molecule has 2 fully saturated rings. The summed E-state index contributed by atoms with van der Waals surface area (Å²) in [5.41, 5.74) is 7.30. The molecule has 1 heterocycles. The Labute approximate surface area is 137 Å². The van der Waals surface area contributed by atoms with E-state index < -0.39 is 0 Å². The van der Waals surface area contributed by atoms with Crippen molar-refractivity contribution in [1.29, 1.82) is 0 Å². The average Bonchev–Trinajstić information content (AvgIpc) is 2.47. The Bertz CT molecular complexity index is 469. The van der Waals surface area contributed by atoms with Crippen molar-refractivity contribution in [2.45, 2.75) is 50.6 Å². The number of fused-ring (bicyclic) bond motifs is 1. The maximum atomic E-state index is 6.18. The van der Waals surface area contributed by atoms with E-state index in [1.165, 1.54) is 44.1 Å². The minimum atomic E-state index is 0.243. The molecule has 1 aromatic rings. The number of piperidine rings is 1. The maximum Gasteiger partial charge on any atom is 0.0474 e. The molecule has 3 rings (SSSR count). The highest BCUT2D eigenvalue weighted by molar-refractivity contribution is 6.34. The van der Waals surface area contributed by atoms with E-state index in [1.807, 2.05) is 12.1 Å². The number of benzene rings is 1. The van der Waals surface area contributed by atoms with Crippen molar-refractivity contribution in [3.05, 3.63) is 33.8 Å². The van der Waals surface area contributed by atoms with E-state index in [4.69, 9.17) is 28.9 Å².